The van der Waals surface area contributed by atoms with Gasteiger partial charge in [0.05, 0.1) is 11.7 Å². The molecular weight excluding hydrogens is 282 g/mol. The quantitative estimate of drug-likeness (QED) is 0.830. The summed E-state index contributed by atoms with van der Waals surface area (Å²) in [5, 5.41) is 11.4. The molecular formula is C11H22BrN5. The molecule has 0 fully saturated rings. The molecule has 0 bridgehead atoms. The maximum absolute atomic E-state index is 4.03. The zero-order valence-corrected chi connectivity index (χ0v) is 12.7. The monoisotopic (exact) mass is 303 g/mol. The molecule has 1 rings (SSSR count). The minimum atomic E-state index is 0.282. The molecule has 0 radical (unpaired) electrons. The molecule has 98 valence electrons. The summed E-state index contributed by atoms with van der Waals surface area (Å²) in [5.74, 6) is 0. The highest BCUT2D eigenvalue weighted by Gasteiger charge is 2.18. The van der Waals surface area contributed by atoms with Gasteiger partial charge in [-0.3, -0.25) is 0 Å². The van der Waals surface area contributed by atoms with Crippen LogP contribution in [0.5, 0.6) is 0 Å². The van der Waals surface area contributed by atoms with Crippen molar-refractivity contribution in [2.45, 2.75) is 26.3 Å². The van der Waals surface area contributed by atoms with Gasteiger partial charge in [-0.1, -0.05) is 19.1 Å². The maximum Gasteiger partial charge on any atom is 0.153 e. The summed E-state index contributed by atoms with van der Waals surface area (Å²) in [5.41, 5.74) is 1.11. The SMILES string of the molecule is CCN(CC)CCC(NC)c1c(Br)nnn1C. The third-order valence-electron chi connectivity index (χ3n) is 3.13. The first-order valence-electron chi connectivity index (χ1n) is 6.08. The zero-order valence-electron chi connectivity index (χ0n) is 11.1. The van der Waals surface area contributed by atoms with Crippen LogP contribution >= 0.6 is 15.9 Å². The Kier molecular flexibility index (Phi) is 6.08. The van der Waals surface area contributed by atoms with E-state index >= 15 is 0 Å². The van der Waals surface area contributed by atoms with Gasteiger partial charge in [0.15, 0.2) is 4.60 Å². The Morgan fingerprint density at radius 1 is 1.41 bits per heavy atom. The summed E-state index contributed by atoms with van der Waals surface area (Å²) >= 11 is 3.45. The molecule has 1 heterocycles. The number of hydrogen-bond donors (Lipinski definition) is 1. The molecule has 0 spiro atoms. The number of halogens is 1. The molecule has 17 heavy (non-hydrogen) atoms. The first-order valence-corrected chi connectivity index (χ1v) is 6.87. The highest BCUT2D eigenvalue weighted by atomic mass is 79.9. The van der Waals surface area contributed by atoms with E-state index in [-0.39, 0.29) is 6.04 Å². The Hall–Kier alpha value is -0.460. The summed E-state index contributed by atoms with van der Waals surface area (Å²) in [6, 6.07) is 0.282. The maximum atomic E-state index is 4.03. The van der Waals surface area contributed by atoms with E-state index < -0.39 is 0 Å². The van der Waals surface area contributed by atoms with Gasteiger partial charge < -0.3 is 10.2 Å². The lowest BCUT2D eigenvalue weighted by Crippen LogP contribution is -2.29. The molecule has 0 aromatic carbocycles. The summed E-state index contributed by atoms with van der Waals surface area (Å²) < 4.78 is 2.66. The molecule has 1 aromatic heterocycles. The molecule has 5 nitrogen and oxygen atoms in total. The smallest absolute Gasteiger partial charge is 0.153 e. The fourth-order valence-corrected chi connectivity index (χ4v) is 2.58. The van der Waals surface area contributed by atoms with Crippen molar-refractivity contribution >= 4 is 15.9 Å². The van der Waals surface area contributed by atoms with Crippen LogP contribution in [0.1, 0.15) is 32.0 Å². The average molecular weight is 304 g/mol. The molecule has 0 aliphatic carbocycles. The van der Waals surface area contributed by atoms with E-state index in [9.17, 15) is 0 Å². The predicted octanol–water partition coefficient (Wildman–Crippen LogP) is 1.57. The Bertz CT molecular complexity index is 315. The van der Waals surface area contributed by atoms with Crippen LogP contribution in [0.25, 0.3) is 0 Å². The number of nitrogens with one attached hydrogen (secondary N) is 1. The van der Waals surface area contributed by atoms with Crippen molar-refractivity contribution in [2.75, 3.05) is 26.7 Å². The van der Waals surface area contributed by atoms with Gasteiger partial charge in [0.25, 0.3) is 0 Å². The van der Waals surface area contributed by atoms with Crippen LogP contribution < -0.4 is 5.32 Å². The third-order valence-corrected chi connectivity index (χ3v) is 3.70. The minimum absolute atomic E-state index is 0.282. The van der Waals surface area contributed by atoms with Crippen LogP contribution in [0.3, 0.4) is 0 Å². The van der Waals surface area contributed by atoms with Gasteiger partial charge in [0.1, 0.15) is 0 Å². The van der Waals surface area contributed by atoms with E-state index in [1.54, 1.807) is 0 Å². The number of aryl methyl sites for hydroxylation is 1. The van der Waals surface area contributed by atoms with Gasteiger partial charge >= 0.3 is 0 Å². The van der Waals surface area contributed by atoms with Gasteiger partial charge in [0, 0.05) is 7.05 Å². The van der Waals surface area contributed by atoms with Crippen LogP contribution in [-0.4, -0.2) is 46.6 Å². The molecule has 0 aliphatic heterocycles. The highest BCUT2D eigenvalue weighted by Crippen LogP contribution is 2.22. The van der Waals surface area contributed by atoms with E-state index in [4.69, 9.17) is 0 Å². The Morgan fingerprint density at radius 2 is 2.06 bits per heavy atom. The molecule has 0 aliphatic rings. The number of nitrogens with zero attached hydrogens (tertiary/aromatic N) is 4. The Morgan fingerprint density at radius 3 is 2.47 bits per heavy atom. The standard InChI is InChI=1S/C11H22BrN5/c1-5-17(6-2)8-7-9(13-3)10-11(12)14-15-16(10)4/h9,13H,5-8H2,1-4H3. The van der Waals surface area contributed by atoms with Crippen molar-refractivity contribution in [3.63, 3.8) is 0 Å². The lowest BCUT2D eigenvalue weighted by Gasteiger charge is -2.22. The van der Waals surface area contributed by atoms with E-state index in [0.29, 0.717) is 0 Å². The summed E-state index contributed by atoms with van der Waals surface area (Å²) in [6.45, 7) is 7.66. The van der Waals surface area contributed by atoms with Crippen molar-refractivity contribution in [3.8, 4) is 0 Å². The van der Waals surface area contributed by atoms with Crippen molar-refractivity contribution in [3.05, 3.63) is 10.3 Å². The van der Waals surface area contributed by atoms with Gasteiger partial charge in [-0.15, -0.1) is 5.10 Å². The van der Waals surface area contributed by atoms with Crippen LogP contribution in [-0.2, 0) is 7.05 Å². The Balaban J connectivity index is 2.66. The van der Waals surface area contributed by atoms with E-state index in [2.05, 4.69) is 50.3 Å². The zero-order chi connectivity index (χ0) is 12.8. The minimum Gasteiger partial charge on any atom is -0.312 e. The number of aromatic nitrogens is 3. The fourth-order valence-electron chi connectivity index (χ4n) is 1.98. The largest absolute Gasteiger partial charge is 0.312 e. The number of hydrogen-bond acceptors (Lipinski definition) is 4. The van der Waals surface area contributed by atoms with Crippen LogP contribution in [0, 0.1) is 0 Å². The number of rotatable bonds is 7. The van der Waals surface area contributed by atoms with Crippen LogP contribution in [0.4, 0.5) is 0 Å². The first kappa shape index (κ1) is 14.6. The van der Waals surface area contributed by atoms with Crippen molar-refractivity contribution in [2.24, 2.45) is 7.05 Å². The van der Waals surface area contributed by atoms with E-state index in [0.717, 1.165) is 36.4 Å². The second-order valence-corrected chi connectivity index (χ2v) is 4.80. The second kappa shape index (κ2) is 7.08. The third kappa shape index (κ3) is 3.76. The topological polar surface area (TPSA) is 46.0 Å². The van der Waals surface area contributed by atoms with Crippen LogP contribution in [0.2, 0.25) is 0 Å². The van der Waals surface area contributed by atoms with Gasteiger partial charge in [0.2, 0.25) is 0 Å². The molecule has 1 N–H and O–H groups in total. The predicted molar refractivity (Wildman–Crippen MR) is 72.9 cm³/mol. The molecule has 0 saturated carbocycles. The van der Waals surface area contributed by atoms with Gasteiger partial charge in [-0.2, -0.15) is 0 Å². The van der Waals surface area contributed by atoms with Gasteiger partial charge in [-0.05, 0) is 49.0 Å². The molecule has 0 amide bonds. The lowest BCUT2D eigenvalue weighted by atomic mass is 10.1. The first-order chi connectivity index (χ1) is 8.13. The Labute approximate surface area is 112 Å². The fraction of sp³-hybridized carbons (Fsp3) is 0.818. The molecule has 1 aromatic rings. The van der Waals surface area contributed by atoms with Crippen molar-refractivity contribution in [1.29, 1.82) is 0 Å². The highest BCUT2D eigenvalue weighted by molar-refractivity contribution is 9.10. The van der Waals surface area contributed by atoms with E-state index in [1.165, 1.54) is 0 Å². The molecule has 0 saturated heterocycles. The molecule has 6 heteroatoms. The summed E-state index contributed by atoms with van der Waals surface area (Å²) in [6.07, 6.45) is 1.05. The lowest BCUT2D eigenvalue weighted by molar-refractivity contribution is 0.282. The molecule has 1 unspecified atom stereocenters. The van der Waals surface area contributed by atoms with Gasteiger partial charge in [-0.25, -0.2) is 4.68 Å². The van der Waals surface area contributed by atoms with Crippen LogP contribution in [0.15, 0.2) is 4.60 Å². The van der Waals surface area contributed by atoms with Crippen molar-refractivity contribution in [1.82, 2.24) is 25.2 Å². The normalized spacial score (nSPS) is 13.3. The summed E-state index contributed by atoms with van der Waals surface area (Å²) in [7, 11) is 3.90. The molecule has 1 atom stereocenters. The van der Waals surface area contributed by atoms with E-state index in [1.807, 2.05) is 18.8 Å². The average Bonchev–Trinajstić information content (AvgIpc) is 2.66. The second-order valence-electron chi connectivity index (χ2n) is 4.05. The summed E-state index contributed by atoms with van der Waals surface area (Å²) in [4.78, 5) is 2.42. The van der Waals surface area contributed by atoms with Crippen molar-refractivity contribution < 1.29 is 0 Å².